The molecule has 1 rings (SSSR count). The van der Waals surface area contributed by atoms with Gasteiger partial charge in [0, 0.05) is 13.7 Å². The summed E-state index contributed by atoms with van der Waals surface area (Å²) in [5, 5.41) is 7.91. The summed E-state index contributed by atoms with van der Waals surface area (Å²) in [7, 11) is 1.68. The highest BCUT2D eigenvalue weighted by Gasteiger charge is 2.12. The molecule has 0 amide bonds. The lowest BCUT2D eigenvalue weighted by atomic mass is 10.2. The van der Waals surface area contributed by atoms with Gasteiger partial charge in [0.15, 0.2) is 5.82 Å². The van der Waals surface area contributed by atoms with Gasteiger partial charge in [0.25, 0.3) is 0 Å². The van der Waals surface area contributed by atoms with Crippen LogP contribution in [0, 0.1) is 5.92 Å². The highest BCUT2D eigenvalue weighted by atomic mass is 16.5. The Kier molecular flexibility index (Phi) is 3.42. The number of ether oxygens (including phenoxy) is 1. The monoisotopic (exact) mass is 183 g/mol. The molecular formula is C9H17N3O. The van der Waals surface area contributed by atoms with Gasteiger partial charge in [0.05, 0.1) is 0 Å². The quantitative estimate of drug-likeness (QED) is 0.712. The number of aromatic nitrogens is 3. The number of hydrogen-bond acceptors (Lipinski definition) is 3. The third-order valence-corrected chi connectivity index (χ3v) is 1.92. The van der Waals surface area contributed by atoms with Gasteiger partial charge >= 0.3 is 0 Å². The van der Waals surface area contributed by atoms with Crippen LogP contribution in [0.1, 0.15) is 32.7 Å². The van der Waals surface area contributed by atoms with Crippen LogP contribution in [0.4, 0.5) is 0 Å². The molecule has 13 heavy (non-hydrogen) atoms. The molecule has 1 heterocycles. The molecule has 1 unspecified atom stereocenters. The van der Waals surface area contributed by atoms with E-state index in [1.807, 2.05) is 11.5 Å². The van der Waals surface area contributed by atoms with Crippen molar-refractivity contribution in [2.45, 2.75) is 33.4 Å². The lowest BCUT2D eigenvalue weighted by molar-refractivity contribution is 0.107. The Labute approximate surface area is 78.9 Å². The van der Waals surface area contributed by atoms with Crippen molar-refractivity contribution in [1.82, 2.24) is 14.8 Å². The van der Waals surface area contributed by atoms with Crippen LogP contribution >= 0.6 is 0 Å². The summed E-state index contributed by atoms with van der Waals surface area (Å²) >= 11 is 0. The highest BCUT2D eigenvalue weighted by Crippen LogP contribution is 2.13. The predicted molar refractivity (Wildman–Crippen MR) is 50.3 cm³/mol. The average Bonchev–Trinajstić information content (AvgIpc) is 2.50. The van der Waals surface area contributed by atoms with Gasteiger partial charge < -0.3 is 9.30 Å². The third kappa shape index (κ3) is 2.52. The fourth-order valence-corrected chi connectivity index (χ4v) is 1.22. The first-order valence-electron chi connectivity index (χ1n) is 4.55. The molecule has 0 bridgehead atoms. The van der Waals surface area contributed by atoms with E-state index in [-0.39, 0.29) is 6.10 Å². The van der Waals surface area contributed by atoms with Crippen molar-refractivity contribution in [2.75, 3.05) is 7.11 Å². The number of nitrogens with zero attached hydrogens (tertiary/aromatic N) is 3. The van der Waals surface area contributed by atoms with Gasteiger partial charge in [-0.1, -0.05) is 13.8 Å². The molecule has 1 aromatic rings. The summed E-state index contributed by atoms with van der Waals surface area (Å²) in [5.74, 6) is 1.50. The van der Waals surface area contributed by atoms with E-state index in [1.54, 1.807) is 13.4 Å². The maximum absolute atomic E-state index is 5.19. The zero-order valence-electron chi connectivity index (χ0n) is 8.69. The summed E-state index contributed by atoms with van der Waals surface area (Å²) in [6.45, 7) is 7.25. The molecule has 0 fully saturated rings. The van der Waals surface area contributed by atoms with E-state index in [2.05, 4.69) is 24.0 Å². The van der Waals surface area contributed by atoms with Crippen LogP contribution in [0.3, 0.4) is 0 Å². The Bertz CT molecular complexity index is 257. The fourth-order valence-electron chi connectivity index (χ4n) is 1.22. The van der Waals surface area contributed by atoms with Crippen molar-refractivity contribution in [3.05, 3.63) is 12.2 Å². The Morgan fingerprint density at radius 2 is 2.15 bits per heavy atom. The molecule has 1 atom stereocenters. The molecule has 4 nitrogen and oxygen atoms in total. The maximum Gasteiger partial charge on any atom is 0.161 e. The Balaban J connectivity index is 2.76. The van der Waals surface area contributed by atoms with Gasteiger partial charge in [0.1, 0.15) is 12.4 Å². The van der Waals surface area contributed by atoms with Crippen LogP contribution in [0.15, 0.2) is 6.33 Å². The summed E-state index contributed by atoms with van der Waals surface area (Å²) in [6.07, 6.45) is 1.77. The van der Waals surface area contributed by atoms with Gasteiger partial charge in [-0.2, -0.15) is 0 Å². The standard InChI is InChI=1S/C9H17N3O/c1-7(2)5-12-6-10-11-9(12)8(3)13-4/h6-8H,5H2,1-4H3. The van der Waals surface area contributed by atoms with Crippen molar-refractivity contribution in [3.63, 3.8) is 0 Å². The zero-order chi connectivity index (χ0) is 9.84. The number of methoxy groups -OCH3 is 1. The minimum atomic E-state index is 0.0150. The zero-order valence-corrected chi connectivity index (χ0v) is 8.69. The van der Waals surface area contributed by atoms with Crippen LogP contribution in [-0.2, 0) is 11.3 Å². The van der Waals surface area contributed by atoms with Gasteiger partial charge in [-0.25, -0.2) is 0 Å². The molecule has 0 aromatic carbocycles. The van der Waals surface area contributed by atoms with Gasteiger partial charge in [-0.15, -0.1) is 10.2 Å². The molecule has 0 saturated heterocycles. The lowest BCUT2D eigenvalue weighted by Crippen LogP contribution is -2.11. The summed E-state index contributed by atoms with van der Waals surface area (Å²) in [5.41, 5.74) is 0. The highest BCUT2D eigenvalue weighted by molar-refractivity contribution is 4.89. The van der Waals surface area contributed by atoms with Gasteiger partial charge in [0.2, 0.25) is 0 Å². The molecule has 0 aliphatic heterocycles. The summed E-state index contributed by atoms with van der Waals surface area (Å²) < 4.78 is 7.23. The molecule has 0 aliphatic rings. The second kappa shape index (κ2) is 4.37. The van der Waals surface area contributed by atoms with Crippen molar-refractivity contribution in [3.8, 4) is 0 Å². The van der Waals surface area contributed by atoms with Crippen molar-refractivity contribution in [1.29, 1.82) is 0 Å². The summed E-state index contributed by atoms with van der Waals surface area (Å²) in [4.78, 5) is 0. The molecule has 0 N–H and O–H groups in total. The lowest BCUT2D eigenvalue weighted by Gasteiger charge is -2.12. The normalized spacial score (nSPS) is 13.6. The maximum atomic E-state index is 5.19. The second-order valence-corrected chi connectivity index (χ2v) is 3.61. The Morgan fingerprint density at radius 1 is 1.46 bits per heavy atom. The van der Waals surface area contributed by atoms with E-state index in [0.29, 0.717) is 5.92 Å². The Hall–Kier alpha value is -0.900. The van der Waals surface area contributed by atoms with Crippen LogP contribution in [0.2, 0.25) is 0 Å². The van der Waals surface area contributed by atoms with Crippen LogP contribution in [-0.4, -0.2) is 21.9 Å². The first kappa shape index (κ1) is 10.2. The first-order chi connectivity index (χ1) is 6.15. The van der Waals surface area contributed by atoms with E-state index in [9.17, 15) is 0 Å². The van der Waals surface area contributed by atoms with Crippen molar-refractivity contribution >= 4 is 0 Å². The van der Waals surface area contributed by atoms with E-state index < -0.39 is 0 Å². The van der Waals surface area contributed by atoms with Crippen LogP contribution in [0.25, 0.3) is 0 Å². The van der Waals surface area contributed by atoms with Crippen LogP contribution < -0.4 is 0 Å². The van der Waals surface area contributed by atoms with E-state index in [1.165, 1.54) is 0 Å². The summed E-state index contributed by atoms with van der Waals surface area (Å²) in [6, 6.07) is 0. The predicted octanol–water partition coefficient (Wildman–Crippen LogP) is 1.64. The molecule has 4 heteroatoms. The minimum absolute atomic E-state index is 0.0150. The number of hydrogen-bond donors (Lipinski definition) is 0. The first-order valence-corrected chi connectivity index (χ1v) is 4.55. The molecule has 0 aliphatic carbocycles. The largest absolute Gasteiger partial charge is 0.374 e. The molecule has 0 saturated carbocycles. The van der Waals surface area contributed by atoms with E-state index >= 15 is 0 Å². The molecule has 0 radical (unpaired) electrons. The van der Waals surface area contributed by atoms with Crippen LogP contribution in [0.5, 0.6) is 0 Å². The molecule has 1 aromatic heterocycles. The SMILES string of the molecule is COC(C)c1nncn1CC(C)C. The molecule has 74 valence electrons. The third-order valence-electron chi connectivity index (χ3n) is 1.92. The van der Waals surface area contributed by atoms with Gasteiger partial charge in [-0.05, 0) is 12.8 Å². The molecule has 0 spiro atoms. The van der Waals surface area contributed by atoms with Crippen molar-refractivity contribution in [2.24, 2.45) is 5.92 Å². The average molecular weight is 183 g/mol. The minimum Gasteiger partial charge on any atom is -0.374 e. The van der Waals surface area contributed by atoms with E-state index in [0.717, 1.165) is 12.4 Å². The topological polar surface area (TPSA) is 39.9 Å². The fraction of sp³-hybridized carbons (Fsp3) is 0.778. The van der Waals surface area contributed by atoms with Crippen molar-refractivity contribution < 1.29 is 4.74 Å². The van der Waals surface area contributed by atoms with Gasteiger partial charge in [-0.3, -0.25) is 0 Å². The second-order valence-electron chi connectivity index (χ2n) is 3.61. The number of rotatable bonds is 4. The Morgan fingerprint density at radius 3 is 2.69 bits per heavy atom. The molecular weight excluding hydrogens is 166 g/mol. The smallest absolute Gasteiger partial charge is 0.161 e. The van der Waals surface area contributed by atoms with E-state index in [4.69, 9.17) is 4.74 Å².